The number of thioether (sulfide) groups is 1. The Hall–Kier alpha value is -2.34. The standard InChI is InChI=1S/C26H33FN2O2S/c1-2-24(26(31)28-22-13-7-8-14-22)29(17-16-20-10-4-3-5-11-20)25(30)19-32-18-21-12-6-9-15-23(21)27/h3-6,9-12,15,22,24H,2,7-8,13-14,16-19H2,1H3,(H,28,31)/t24-/m1/s1. The largest absolute Gasteiger partial charge is 0.352 e. The molecule has 0 saturated heterocycles. The van der Waals surface area contributed by atoms with Crippen molar-refractivity contribution in [3.05, 3.63) is 71.5 Å². The Labute approximate surface area is 195 Å². The Morgan fingerprint density at radius 3 is 2.47 bits per heavy atom. The van der Waals surface area contributed by atoms with E-state index in [-0.39, 0.29) is 29.4 Å². The Bertz CT molecular complexity index is 871. The molecule has 1 N–H and O–H groups in total. The van der Waals surface area contributed by atoms with Crippen LogP contribution >= 0.6 is 11.8 Å². The summed E-state index contributed by atoms with van der Waals surface area (Å²) < 4.78 is 13.9. The third-order valence-corrected chi connectivity index (χ3v) is 6.98. The Morgan fingerprint density at radius 2 is 1.78 bits per heavy atom. The van der Waals surface area contributed by atoms with Gasteiger partial charge in [-0.25, -0.2) is 4.39 Å². The Balaban J connectivity index is 1.65. The fourth-order valence-electron chi connectivity index (χ4n) is 4.21. The summed E-state index contributed by atoms with van der Waals surface area (Å²) in [5, 5.41) is 3.16. The van der Waals surface area contributed by atoms with Crippen LogP contribution in [0.5, 0.6) is 0 Å². The highest BCUT2D eigenvalue weighted by Gasteiger charge is 2.30. The fourth-order valence-corrected chi connectivity index (χ4v) is 5.11. The lowest BCUT2D eigenvalue weighted by Crippen LogP contribution is -2.52. The molecule has 2 aromatic carbocycles. The van der Waals surface area contributed by atoms with Gasteiger partial charge in [0.1, 0.15) is 11.9 Å². The molecule has 0 bridgehead atoms. The number of nitrogens with zero attached hydrogens (tertiary/aromatic N) is 1. The lowest BCUT2D eigenvalue weighted by molar-refractivity contribution is -0.139. The van der Waals surface area contributed by atoms with Crippen molar-refractivity contribution in [3.8, 4) is 0 Å². The molecular formula is C26H33FN2O2S. The highest BCUT2D eigenvalue weighted by molar-refractivity contribution is 7.99. The number of benzene rings is 2. The zero-order valence-corrected chi connectivity index (χ0v) is 19.6. The first-order valence-electron chi connectivity index (χ1n) is 11.5. The molecule has 0 aromatic heterocycles. The zero-order chi connectivity index (χ0) is 22.8. The molecule has 0 aliphatic heterocycles. The molecule has 0 unspecified atom stereocenters. The minimum absolute atomic E-state index is 0.0556. The van der Waals surface area contributed by atoms with Gasteiger partial charge in [0.05, 0.1) is 5.75 Å². The number of amides is 2. The zero-order valence-electron chi connectivity index (χ0n) is 18.8. The number of carbonyl (C=O) groups is 2. The summed E-state index contributed by atoms with van der Waals surface area (Å²) in [4.78, 5) is 28.0. The molecule has 1 atom stereocenters. The molecule has 4 nitrogen and oxygen atoms in total. The molecule has 1 aliphatic carbocycles. The number of rotatable bonds is 11. The van der Waals surface area contributed by atoms with Gasteiger partial charge in [-0.1, -0.05) is 68.3 Å². The second-order valence-electron chi connectivity index (χ2n) is 8.32. The Morgan fingerprint density at radius 1 is 1.09 bits per heavy atom. The number of hydrogen-bond donors (Lipinski definition) is 1. The maximum absolute atomic E-state index is 13.9. The fraction of sp³-hybridized carbons (Fsp3) is 0.462. The van der Waals surface area contributed by atoms with Crippen LogP contribution in [0.15, 0.2) is 54.6 Å². The molecular weight excluding hydrogens is 423 g/mol. The molecule has 32 heavy (non-hydrogen) atoms. The van der Waals surface area contributed by atoms with Crippen LogP contribution in [0.3, 0.4) is 0 Å². The minimum Gasteiger partial charge on any atom is -0.352 e. The van der Waals surface area contributed by atoms with E-state index in [1.54, 1.807) is 23.1 Å². The first-order chi connectivity index (χ1) is 15.6. The maximum Gasteiger partial charge on any atom is 0.243 e. The van der Waals surface area contributed by atoms with E-state index in [4.69, 9.17) is 0 Å². The minimum atomic E-state index is -0.485. The monoisotopic (exact) mass is 456 g/mol. The van der Waals surface area contributed by atoms with Gasteiger partial charge in [0.15, 0.2) is 0 Å². The van der Waals surface area contributed by atoms with Crippen molar-refractivity contribution >= 4 is 23.6 Å². The molecule has 2 amide bonds. The topological polar surface area (TPSA) is 49.4 Å². The van der Waals surface area contributed by atoms with Gasteiger partial charge in [-0.3, -0.25) is 9.59 Å². The van der Waals surface area contributed by atoms with Gasteiger partial charge in [-0.15, -0.1) is 11.8 Å². The average Bonchev–Trinajstić information content (AvgIpc) is 3.31. The van der Waals surface area contributed by atoms with Crippen LogP contribution in [0.1, 0.15) is 50.2 Å². The van der Waals surface area contributed by atoms with Crippen LogP contribution in [0, 0.1) is 5.82 Å². The van der Waals surface area contributed by atoms with Crippen LogP contribution in [0.4, 0.5) is 4.39 Å². The number of carbonyl (C=O) groups excluding carboxylic acids is 2. The van der Waals surface area contributed by atoms with Crippen molar-refractivity contribution in [2.45, 2.75) is 63.3 Å². The predicted molar refractivity (Wildman–Crippen MR) is 129 cm³/mol. The van der Waals surface area contributed by atoms with Crippen molar-refractivity contribution in [1.29, 1.82) is 0 Å². The van der Waals surface area contributed by atoms with E-state index in [0.29, 0.717) is 30.7 Å². The Kier molecular flexibility index (Phi) is 9.60. The van der Waals surface area contributed by atoms with Crippen LogP contribution < -0.4 is 5.32 Å². The second-order valence-corrected chi connectivity index (χ2v) is 9.31. The van der Waals surface area contributed by atoms with Gasteiger partial charge < -0.3 is 10.2 Å². The van der Waals surface area contributed by atoms with Crippen LogP contribution in [0.25, 0.3) is 0 Å². The predicted octanol–water partition coefficient (Wildman–Crippen LogP) is 4.97. The van der Waals surface area contributed by atoms with E-state index >= 15 is 0 Å². The summed E-state index contributed by atoms with van der Waals surface area (Å²) in [5.41, 5.74) is 1.72. The number of halogens is 1. The summed E-state index contributed by atoms with van der Waals surface area (Å²) in [5.74, 6) is 0.262. The van der Waals surface area contributed by atoms with Crippen molar-refractivity contribution in [3.63, 3.8) is 0 Å². The highest BCUT2D eigenvalue weighted by atomic mass is 32.2. The summed E-state index contributed by atoms with van der Waals surface area (Å²) in [6.07, 6.45) is 5.57. The number of hydrogen-bond acceptors (Lipinski definition) is 3. The van der Waals surface area contributed by atoms with Gasteiger partial charge in [0, 0.05) is 18.3 Å². The lowest BCUT2D eigenvalue weighted by Gasteiger charge is -2.31. The van der Waals surface area contributed by atoms with E-state index in [1.807, 2.05) is 37.3 Å². The van der Waals surface area contributed by atoms with E-state index < -0.39 is 6.04 Å². The molecule has 172 valence electrons. The highest BCUT2D eigenvalue weighted by Crippen LogP contribution is 2.20. The van der Waals surface area contributed by atoms with Crippen LogP contribution in [-0.4, -0.2) is 41.1 Å². The maximum atomic E-state index is 13.9. The van der Waals surface area contributed by atoms with Gasteiger partial charge in [-0.2, -0.15) is 0 Å². The van der Waals surface area contributed by atoms with E-state index in [9.17, 15) is 14.0 Å². The van der Waals surface area contributed by atoms with Crippen molar-refractivity contribution in [2.24, 2.45) is 0 Å². The summed E-state index contributed by atoms with van der Waals surface area (Å²) in [6.45, 7) is 2.44. The SMILES string of the molecule is CC[C@H](C(=O)NC1CCCC1)N(CCc1ccccc1)C(=O)CSCc1ccccc1F. The molecule has 1 aliphatic rings. The molecule has 0 radical (unpaired) electrons. The third kappa shape index (κ3) is 7.09. The summed E-state index contributed by atoms with van der Waals surface area (Å²) in [7, 11) is 0. The number of nitrogens with one attached hydrogen (secondary N) is 1. The van der Waals surface area contributed by atoms with E-state index in [2.05, 4.69) is 5.32 Å². The smallest absolute Gasteiger partial charge is 0.243 e. The average molecular weight is 457 g/mol. The van der Waals surface area contributed by atoms with Gasteiger partial charge in [0.2, 0.25) is 11.8 Å². The molecule has 3 rings (SSSR count). The molecule has 0 heterocycles. The molecule has 6 heteroatoms. The third-order valence-electron chi connectivity index (χ3n) is 6.01. The second kappa shape index (κ2) is 12.6. The van der Waals surface area contributed by atoms with E-state index in [0.717, 1.165) is 31.2 Å². The summed E-state index contributed by atoms with van der Waals surface area (Å²) in [6, 6.07) is 16.4. The van der Waals surface area contributed by atoms with Crippen molar-refractivity contribution in [2.75, 3.05) is 12.3 Å². The molecule has 0 spiro atoms. The first-order valence-corrected chi connectivity index (χ1v) is 12.7. The molecule has 2 aromatic rings. The lowest BCUT2D eigenvalue weighted by atomic mass is 10.1. The quantitative estimate of drug-likeness (QED) is 0.520. The first kappa shape index (κ1) is 24.3. The van der Waals surface area contributed by atoms with Gasteiger partial charge >= 0.3 is 0 Å². The van der Waals surface area contributed by atoms with Crippen LogP contribution in [-0.2, 0) is 21.8 Å². The van der Waals surface area contributed by atoms with Gasteiger partial charge in [0.25, 0.3) is 0 Å². The van der Waals surface area contributed by atoms with Crippen molar-refractivity contribution in [1.82, 2.24) is 10.2 Å². The normalized spacial score (nSPS) is 14.8. The van der Waals surface area contributed by atoms with Crippen LogP contribution in [0.2, 0.25) is 0 Å². The van der Waals surface area contributed by atoms with Crippen molar-refractivity contribution < 1.29 is 14.0 Å². The van der Waals surface area contributed by atoms with Gasteiger partial charge in [-0.05, 0) is 42.9 Å². The van der Waals surface area contributed by atoms with E-state index in [1.165, 1.54) is 17.8 Å². The molecule has 1 fully saturated rings. The summed E-state index contributed by atoms with van der Waals surface area (Å²) >= 11 is 1.39. The molecule has 1 saturated carbocycles.